The Morgan fingerprint density at radius 3 is 2.09 bits per heavy atom. The minimum Gasteiger partial charge on any atom is -0.456 e. The van der Waals surface area contributed by atoms with E-state index in [1.807, 2.05) is 47.7 Å². The fourth-order valence-electron chi connectivity index (χ4n) is 9.64. The Kier molecular flexibility index (Phi) is 9.50. The van der Waals surface area contributed by atoms with Gasteiger partial charge < -0.3 is 4.42 Å². The van der Waals surface area contributed by atoms with E-state index < -0.39 is 0 Å². The summed E-state index contributed by atoms with van der Waals surface area (Å²) in [6.45, 7) is 6.59. The number of para-hydroxylation sites is 2. The zero-order chi connectivity index (χ0) is 43.6. The van der Waals surface area contributed by atoms with E-state index in [9.17, 15) is 0 Å². The van der Waals surface area contributed by atoms with Gasteiger partial charge in [0.1, 0.15) is 11.2 Å². The number of allylic oxidation sites excluding steroid dienone is 1. The molecule has 8 aromatic carbocycles. The average molecular weight is 857 g/mol. The highest BCUT2D eigenvalue weighted by Crippen LogP contribution is 2.44. The Morgan fingerprint density at radius 1 is 0.569 bits per heavy atom. The molecule has 1 aliphatic carbocycles. The Balaban J connectivity index is 0.00000144. The zero-order valence-electron chi connectivity index (χ0n) is 36.4. The van der Waals surface area contributed by atoms with Crippen molar-refractivity contribution < 1.29 is 4.42 Å². The molecule has 12 aromatic rings. The lowest BCUT2D eigenvalue weighted by atomic mass is 9.94. The van der Waals surface area contributed by atoms with Gasteiger partial charge in [-0.05, 0) is 75.7 Å². The highest BCUT2D eigenvalue weighted by molar-refractivity contribution is 7.19. The maximum Gasteiger partial charge on any atom is 0.238 e. The molecule has 4 aromatic heterocycles. The first-order valence-electron chi connectivity index (χ1n) is 22.6. The standard InChI is InChI=1S/C56H36N4OS.C3H8/c1-33-11-9-18-45-44-29-25-38(32-50(44)62-53(33)45)34-21-23-36(24-22-34)41-17-10-19-46-51-40-15-6-5-12-35(40)27-30-47(51)60(52(41)46)56-58-54(37-13-3-2-4-14-37)57-55(59-56)39-26-28-43-42-16-7-8-20-48(42)61-49(43)31-39;1-3-2/h2-10,12-33H,11H2,1H3;3H2,1-2H3. The molecule has 4 heterocycles. The third-order valence-electron chi connectivity index (χ3n) is 12.7. The molecule has 5 nitrogen and oxygen atoms in total. The first kappa shape index (κ1) is 39.0. The van der Waals surface area contributed by atoms with Crippen molar-refractivity contribution in [3.05, 3.63) is 186 Å². The molecule has 0 saturated heterocycles. The van der Waals surface area contributed by atoms with Crippen molar-refractivity contribution >= 4 is 82.0 Å². The molecule has 1 aliphatic rings. The van der Waals surface area contributed by atoms with Gasteiger partial charge in [-0.2, -0.15) is 9.97 Å². The summed E-state index contributed by atoms with van der Waals surface area (Å²) < 4.78 is 9.95. The molecular weight excluding hydrogens is 813 g/mol. The third kappa shape index (κ3) is 6.55. The SMILES string of the molecule is CC1CC=Cc2c1sc1cc(-c3ccc(-c4cccc5c6c7ccccc7ccc6n(-c6nc(-c7ccccc7)nc(-c7ccc8c(c7)oc7ccccc78)n6)c45)cc3)ccc21.CCC. The monoisotopic (exact) mass is 856 g/mol. The van der Waals surface area contributed by atoms with Crippen molar-refractivity contribution in [3.63, 3.8) is 0 Å². The number of furan rings is 1. The molecule has 0 saturated carbocycles. The largest absolute Gasteiger partial charge is 0.456 e. The van der Waals surface area contributed by atoms with E-state index in [0.29, 0.717) is 23.5 Å². The van der Waals surface area contributed by atoms with Gasteiger partial charge in [-0.3, -0.25) is 4.57 Å². The highest BCUT2D eigenvalue weighted by atomic mass is 32.1. The predicted molar refractivity (Wildman–Crippen MR) is 274 cm³/mol. The molecule has 312 valence electrons. The lowest BCUT2D eigenvalue weighted by Gasteiger charge is -2.13. The van der Waals surface area contributed by atoms with Crippen LogP contribution < -0.4 is 0 Å². The van der Waals surface area contributed by atoms with E-state index in [1.54, 1.807) is 0 Å². The smallest absolute Gasteiger partial charge is 0.238 e. The molecule has 0 spiro atoms. The normalized spacial score (nSPS) is 13.6. The molecule has 0 bridgehead atoms. The first-order valence-corrected chi connectivity index (χ1v) is 23.4. The molecule has 13 rings (SSSR count). The average Bonchev–Trinajstić information content (AvgIpc) is 4.04. The van der Waals surface area contributed by atoms with Crippen LogP contribution >= 0.6 is 11.3 Å². The van der Waals surface area contributed by atoms with E-state index in [4.69, 9.17) is 19.4 Å². The van der Waals surface area contributed by atoms with Crippen molar-refractivity contribution in [2.75, 3.05) is 0 Å². The number of thiophene rings is 1. The number of nitrogens with zero attached hydrogens (tertiary/aromatic N) is 4. The van der Waals surface area contributed by atoms with Crippen LogP contribution in [0.1, 0.15) is 50.0 Å². The maximum atomic E-state index is 6.35. The molecule has 6 heteroatoms. The molecule has 65 heavy (non-hydrogen) atoms. The van der Waals surface area contributed by atoms with Crippen LogP contribution in [0, 0.1) is 0 Å². The maximum absolute atomic E-state index is 6.35. The first-order chi connectivity index (χ1) is 32.0. The fraction of sp³-hybridized carbons (Fsp3) is 0.102. The van der Waals surface area contributed by atoms with E-state index in [-0.39, 0.29) is 0 Å². The number of fused-ring (bicyclic) bond motifs is 11. The van der Waals surface area contributed by atoms with Gasteiger partial charge in [0, 0.05) is 53.2 Å². The number of rotatable bonds is 5. The molecule has 0 amide bonds. The Hall–Kier alpha value is -7.67. The Morgan fingerprint density at radius 2 is 1.25 bits per heavy atom. The summed E-state index contributed by atoms with van der Waals surface area (Å²) in [5.74, 6) is 2.28. The second-order valence-electron chi connectivity index (χ2n) is 17.1. The van der Waals surface area contributed by atoms with Crippen LogP contribution in [0.25, 0.3) is 122 Å². The van der Waals surface area contributed by atoms with Crippen LogP contribution in [-0.2, 0) is 0 Å². The van der Waals surface area contributed by atoms with Crippen LogP contribution in [0.3, 0.4) is 0 Å². The van der Waals surface area contributed by atoms with E-state index in [1.165, 1.54) is 54.2 Å². The fourth-order valence-corrected chi connectivity index (χ4v) is 10.9. The van der Waals surface area contributed by atoms with E-state index in [0.717, 1.165) is 67.0 Å². The Bertz CT molecular complexity index is 3820. The topological polar surface area (TPSA) is 56.7 Å². The van der Waals surface area contributed by atoms with Gasteiger partial charge >= 0.3 is 0 Å². The van der Waals surface area contributed by atoms with E-state index in [2.05, 4.69) is 171 Å². The van der Waals surface area contributed by atoms with Crippen molar-refractivity contribution in [1.82, 2.24) is 19.5 Å². The van der Waals surface area contributed by atoms with Gasteiger partial charge in [-0.15, -0.1) is 11.3 Å². The van der Waals surface area contributed by atoms with E-state index >= 15 is 0 Å². The summed E-state index contributed by atoms with van der Waals surface area (Å²) in [5, 5.41) is 8.17. The summed E-state index contributed by atoms with van der Waals surface area (Å²) >= 11 is 1.95. The van der Waals surface area contributed by atoms with Crippen LogP contribution in [-0.4, -0.2) is 19.5 Å². The number of aromatic nitrogens is 4. The van der Waals surface area contributed by atoms with Crippen molar-refractivity contribution in [2.24, 2.45) is 0 Å². The second kappa shape index (κ2) is 15.8. The summed E-state index contributed by atoms with van der Waals surface area (Å²) in [6.07, 6.45) is 6.99. The molecule has 1 atom stereocenters. The van der Waals surface area contributed by atoms with Crippen LogP contribution in [0.5, 0.6) is 0 Å². The van der Waals surface area contributed by atoms with Gasteiger partial charge in [0.2, 0.25) is 5.95 Å². The van der Waals surface area contributed by atoms with Gasteiger partial charge in [-0.25, -0.2) is 4.98 Å². The van der Waals surface area contributed by atoms with Gasteiger partial charge in [-0.1, -0.05) is 179 Å². The lowest BCUT2D eigenvalue weighted by molar-refractivity contribution is 0.669. The Labute approximate surface area is 381 Å². The molecular formula is C59H44N4OS. The third-order valence-corrected chi connectivity index (χ3v) is 14.1. The molecule has 0 radical (unpaired) electrons. The second-order valence-corrected chi connectivity index (χ2v) is 18.2. The minimum absolute atomic E-state index is 0.550. The summed E-state index contributed by atoms with van der Waals surface area (Å²) in [7, 11) is 0. The van der Waals surface area contributed by atoms with Crippen LogP contribution in [0.15, 0.2) is 180 Å². The van der Waals surface area contributed by atoms with Gasteiger partial charge in [0.15, 0.2) is 11.6 Å². The van der Waals surface area contributed by atoms with Crippen molar-refractivity contribution in [2.45, 2.75) is 39.5 Å². The molecule has 0 fully saturated rings. The summed E-state index contributed by atoms with van der Waals surface area (Å²) in [6, 6.07) is 60.3. The molecule has 0 N–H and O–H groups in total. The molecule has 1 unspecified atom stereocenters. The zero-order valence-corrected chi connectivity index (χ0v) is 37.2. The van der Waals surface area contributed by atoms with Gasteiger partial charge in [0.05, 0.1) is 11.0 Å². The van der Waals surface area contributed by atoms with Crippen molar-refractivity contribution in [3.8, 4) is 51.0 Å². The number of hydrogen-bond acceptors (Lipinski definition) is 5. The highest BCUT2D eigenvalue weighted by Gasteiger charge is 2.23. The molecule has 0 aliphatic heterocycles. The minimum atomic E-state index is 0.550. The lowest BCUT2D eigenvalue weighted by Crippen LogP contribution is -2.07. The number of benzene rings is 8. The van der Waals surface area contributed by atoms with Crippen molar-refractivity contribution in [1.29, 1.82) is 0 Å². The van der Waals surface area contributed by atoms with Crippen LogP contribution in [0.4, 0.5) is 0 Å². The quantitative estimate of drug-likeness (QED) is 0.173. The summed E-state index contributed by atoms with van der Waals surface area (Å²) in [4.78, 5) is 17.3. The predicted octanol–water partition coefficient (Wildman–Crippen LogP) is 16.8. The number of hydrogen-bond donors (Lipinski definition) is 0. The van der Waals surface area contributed by atoms with Crippen LogP contribution in [0.2, 0.25) is 0 Å². The summed E-state index contributed by atoms with van der Waals surface area (Å²) in [5.41, 5.74) is 11.5. The van der Waals surface area contributed by atoms with Gasteiger partial charge in [0.25, 0.3) is 0 Å².